The summed E-state index contributed by atoms with van der Waals surface area (Å²) in [5, 5.41) is 6.27. The molecule has 0 atom stereocenters. The molecule has 0 bridgehead atoms. The van der Waals surface area contributed by atoms with Crippen molar-refractivity contribution in [2.75, 3.05) is 0 Å². The van der Waals surface area contributed by atoms with E-state index in [9.17, 15) is 0 Å². The highest BCUT2D eigenvalue weighted by Gasteiger charge is 2.11. The van der Waals surface area contributed by atoms with E-state index in [1.165, 1.54) is 58.6 Å². The molecule has 0 fully saturated rings. The van der Waals surface area contributed by atoms with Crippen LogP contribution in [0.1, 0.15) is 0 Å². The van der Waals surface area contributed by atoms with Crippen LogP contribution in [0.5, 0.6) is 0 Å². The molecule has 2 aromatic heterocycles. The second-order valence-corrected chi connectivity index (χ2v) is 9.49. The van der Waals surface area contributed by atoms with Gasteiger partial charge in [-0.3, -0.25) is 4.98 Å². The van der Waals surface area contributed by atoms with Crippen LogP contribution in [-0.2, 0) is 0 Å². The largest absolute Gasteiger partial charge is 0.256 e. The topological polar surface area (TPSA) is 12.9 Å². The van der Waals surface area contributed by atoms with Gasteiger partial charge in [0.1, 0.15) is 0 Å². The number of rotatable bonds is 2. The molecule has 1 nitrogen and oxygen atoms in total. The third kappa shape index (κ3) is 2.95. The zero-order valence-electron chi connectivity index (χ0n) is 17.8. The third-order valence-corrected chi connectivity index (χ3v) is 7.72. The lowest BCUT2D eigenvalue weighted by molar-refractivity contribution is 1.43. The molecule has 7 rings (SSSR count). The van der Waals surface area contributed by atoms with E-state index in [4.69, 9.17) is 0 Å². The standard InChI is InChI=1S/C31H19NS/c1-2-12-29-27(9-1)28-11-4-10-26(31(28)33-29)23-7-3-6-21(18-23)22-15-16-25-24(19-22)14-13-20-8-5-17-32-30(20)25/h1-19H. The monoisotopic (exact) mass is 437 g/mol. The zero-order chi connectivity index (χ0) is 21.8. The Morgan fingerprint density at radius 1 is 0.515 bits per heavy atom. The van der Waals surface area contributed by atoms with Gasteiger partial charge >= 0.3 is 0 Å². The fraction of sp³-hybridized carbons (Fsp3) is 0. The number of hydrogen-bond donors (Lipinski definition) is 0. The van der Waals surface area contributed by atoms with E-state index in [0.29, 0.717) is 0 Å². The van der Waals surface area contributed by atoms with Crippen molar-refractivity contribution >= 4 is 53.2 Å². The summed E-state index contributed by atoms with van der Waals surface area (Å²) >= 11 is 1.88. The van der Waals surface area contributed by atoms with Crippen LogP contribution in [0.4, 0.5) is 0 Å². The molecule has 5 aromatic carbocycles. The Labute approximate surface area is 195 Å². The van der Waals surface area contributed by atoms with Gasteiger partial charge in [-0.1, -0.05) is 84.9 Å². The van der Waals surface area contributed by atoms with Gasteiger partial charge in [0.05, 0.1) is 5.52 Å². The normalized spacial score (nSPS) is 11.6. The van der Waals surface area contributed by atoms with E-state index in [-0.39, 0.29) is 0 Å². The number of pyridine rings is 1. The summed E-state index contributed by atoms with van der Waals surface area (Å²) in [6.45, 7) is 0. The van der Waals surface area contributed by atoms with Crippen LogP contribution in [0.3, 0.4) is 0 Å². The summed E-state index contributed by atoms with van der Waals surface area (Å²) < 4.78 is 2.69. The molecule has 0 saturated carbocycles. The minimum atomic E-state index is 1.06. The van der Waals surface area contributed by atoms with Gasteiger partial charge in [-0.05, 0) is 51.9 Å². The number of nitrogens with zero attached hydrogens (tertiary/aromatic N) is 1. The molecule has 0 amide bonds. The van der Waals surface area contributed by atoms with Crippen molar-refractivity contribution in [3.05, 3.63) is 115 Å². The smallest absolute Gasteiger partial charge is 0.0780 e. The minimum Gasteiger partial charge on any atom is -0.256 e. The first-order valence-electron chi connectivity index (χ1n) is 11.1. The molecule has 0 saturated heterocycles. The van der Waals surface area contributed by atoms with E-state index in [0.717, 1.165) is 5.52 Å². The molecule has 0 aliphatic heterocycles. The van der Waals surface area contributed by atoms with Crippen LogP contribution in [0, 0.1) is 0 Å². The van der Waals surface area contributed by atoms with E-state index in [2.05, 4.69) is 108 Å². The van der Waals surface area contributed by atoms with Crippen LogP contribution in [0.2, 0.25) is 0 Å². The molecule has 33 heavy (non-hydrogen) atoms. The molecule has 7 aromatic rings. The number of fused-ring (bicyclic) bond motifs is 6. The maximum absolute atomic E-state index is 4.61. The second-order valence-electron chi connectivity index (χ2n) is 8.44. The first-order chi connectivity index (χ1) is 16.3. The third-order valence-electron chi connectivity index (χ3n) is 6.50. The fourth-order valence-electron chi connectivity index (χ4n) is 4.89. The van der Waals surface area contributed by atoms with Crippen LogP contribution in [0.15, 0.2) is 115 Å². The Kier molecular flexibility index (Phi) is 4.08. The number of thiophene rings is 1. The van der Waals surface area contributed by atoms with E-state index >= 15 is 0 Å². The average molecular weight is 438 g/mol. The molecule has 0 aliphatic rings. The number of hydrogen-bond acceptors (Lipinski definition) is 2. The van der Waals surface area contributed by atoms with Crippen LogP contribution >= 0.6 is 11.3 Å². The molecular weight excluding hydrogens is 418 g/mol. The van der Waals surface area contributed by atoms with E-state index < -0.39 is 0 Å². The number of benzene rings is 5. The van der Waals surface area contributed by atoms with E-state index in [1.54, 1.807) is 0 Å². The predicted molar refractivity (Wildman–Crippen MR) is 143 cm³/mol. The van der Waals surface area contributed by atoms with Crippen molar-refractivity contribution in [3.8, 4) is 22.3 Å². The summed E-state index contributed by atoms with van der Waals surface area (Å²) in [7, 11) is 0. The van der Waals surface area contributed by atoms with Gasteiger partial charge in [-0.2, -0.15) is 0 Å². The summed E-state index contributed by atoms with van der Waals surface area (Å²) in [6.07, 6.45) is 1.87. The van der Waals surface area contributed by atoms with Gasteiger partial charge in [0.15, 0.2) is 0 Å². The first kappa shape index (κ1) is 18.6. The van der Waals surface area contributed by atoms with E-state index in [1.807, 2.05) is 23.6 Å². The van der Waals surface area contributed by atoms with Gasteiger partial charge in [0, 0.05) is 37.1 Å². The van der Waals surface area contributed by atoms with Gasteiger partial charge in [0.25, 0.3) is 0 Å². The summed E-state index contributed by atoms with van der Waals surface area (Å²) in [5.74, 6) is 0. The molecule has 0 N–H and O–H groups in total. The lowest BCUT2D eigenvalue weighted by atomic mass is 9.96. The highest BCUT2D eigenvalue weighted by Crippen LogP contribution is 2.40. The molecule has 2 heterocycles. The van der Waals surface area contributed by atoms with Crippen LogP contribution in [-0.4, -0.2) is 4.98 Å². The Morgan fingerprint density at radius 3 is 2.33 bits per heavy atom. The van der Waals surface area contributed by atoms with Crippen molar-refractivity contribution in [1.29, 1.82) is 0 Å². The van der Waals surface area contributed by atoms with Gasteiger partial charge in [-0.25, -0.2) is 0 Å². The highest BCUT2D eigenvalue weighted by molar-refractivity contribution is 7.26. The van der Waals surface area contributed by atoms with Crippen molar-refractivity contribution in [2.45, 2.75) is 0 Å². The molecule has 0 aliphatic carbocycles. The van der Waals surface area contributed by atoms with Gasteiger partial charge < -0.3 is 0 Å². The predicted octanol–water partition coefficient (Wildman–Crippen LogP) is 9.09. The zero-order valence-corrected chi connectivity index (χ0v) is 18.6. The van der Waals surface area contributed by atoms with Gasteiger partial charge in [0.2, 0.25) is 0 Å². The Balaban J connectivity index is 1.38. The molecule has 2 heteroatoms. The molecule has 154 valence electrons. The lowest BCUT2D eigenvalue weighted by Gasteiger charge is -2.09. The van der Waals surface area contributed by atoms with Crippen molar-refractivity contribution in [3.63, 3.8) is 0 Å². The summed E-state index contributed by atoms with van der Waals surface area (Å²) in [5.41, 5.74) is 6.07. The fourth-order valence-corrected chi connectivity index (χ4v) is 6.13. The van der Waals surface area contributed by atoms with Crippen molar-refractivity contribution in [1.82, 2.24) is 4.98 Å². The summed E-state index contributed by atoms with van der Waals surface area (Å²) in [6, 6.07) is 39.4. The molecule has 0 radical (unpaired) electrons. The van der Waals surface area contributed by atoms with Crippen molar-refractivity contribution < 1.29 is 0 Å². The lowest BCUT2D eigenvalue weighted by Crippen LogP contribution is -1.84. The maximum atomic E-state index is 4.61. The Morgan fingerprint density at radius 2 is 1.33 bits per heavy atom. The SMILES string of the molecule is c1cc(-c2ccc3c(ccc4cccnc43)c2)cc(-c2cccc3c2sc2ccccc23)c1. The molecular formula is C31H19NS. The number of aromatic nitrogens is 1. The maximum Gasteiger partial charge on any atom is 0.0780 e. The second kappa shape index (κ2) is 7.26. The Hall–Kier alpha value is -4.01. The minimum absolute atomic E-state index is 1.06. The van der Waals surface area contributed by atoms with Crippen LogP contribution in [0.25, 0.3) is 64.1 Å². The molecule has 0 unspecified atom stereocenters. The van der Waals surface area contributed by atoms with Crippen LogP contribution < -0.4 is 0 Å². The van der Waals surface area contributed by atoms with Crippen molar-refractivity contribution in [2.24, 2.45) is 0 Å². The quantitative estimate of drug-likeness (QED) is 0.246. The first-order valence-corrected chi connectivity index (χ1v) is 12.0. The van der Waals surface area contributed by atoms with Gasteiger partial charge in [-0.15, -0.1) is 11.3 Å². The highest BCUT2D eigenvalue weighted by atomic mass is 32.1. The molecule has 0 spiro atoms. The summed E-state index contributed by atoms with van der Waals surface area (Å²) in [4.78, 5) is 4.61. The average Bonchev–Trinajstić information content (AvgIpc) is 3.27. The Bertz CT molecular complexity index is 1830.